The van der Waals surface area contributed by atoms with Crippen molar-refractivity contribution in [2.24, 2.45) is 0 Å². The van der Waals surface area contributed by atoms with Crippen molar-refractivity contribution in [1.29, 1.82) is 0 Å². The first kappa shape index (κ1) is 36.1. The predicted molar refractivity (Wildman–Crippen MR) is 271 cm³/mol. The lowest BCUT2D eigenvalue weighted by Gasteiger charge is -2.17. The summed E-state index contributed by atoms with van der Waals surface area (Å²) in [7, 11) is 0. The van der Waals surface area contributed by atoms with E-state index < -0.39 is 0 Å². The number of aromatic nitrogens is 4. The quantitative estimate of drug-likeness (QED) is 0.173. The first-order valence-corrected chi connectivity index (χ1v) is 22.7. The maximum Gasteiger partial charge on any atom is 0.167 e. The Morgan fingerprint density at radius 3 is 1.91 bits per heavy atom. The van der Waals surface area contributed by atoms with Gasteiger partial charge in [0.05, 0.1) is 22.3 Å². The highest BCUT2D eigenvalue weighted by atomic mass is 32.1. The molecule has 10 aromatic carbocycles. The fourth-order valence-electron chi connectivity index (χ4n) is 10.1. The van der Waals surface area contributed by atoms with Gasteiger partial charge >= 0.3 is 0 Å². The Hall–Kier alpha value is -8.45. The Morgan fingerprint density at radius 1 is 0.369 bits per heavy atom. The molecule has 5 nitrogen and oxygen atoms in total. The molecule has 0 aliphatic rings. The average Bonchev–Trinajstić information content (AvgIpc) is 4.05. The Labute approximate surface area is 376 Å². The number of benzene rings is 10. The second-order valence-corrected chi connectivity index (χ2v) is 17.8. The lowest BCUT2D eigenvalue weighted by Crippen LogP contribution is -2.02. The van der Waals surface area contributed by atoms with Crippen molar-refractivity contribution in [3.63, 3.8) is 0 Å². The number of para-hydroxylation sites is 3. The molecule has 4 heterocycles. The van der Waals surface area contributed by atoms with Crippen molar-refractivity contribution in [3.8, 4) is 51.0 Å². The first-order valence-electron chi connectivity index (χ1n) is 21.8. The maximum atomic E-state index is 6.56. The number of nitrogens with zero attached hydrogens (tertiary/aromatic N) is 4. The number of rotatable bonds is 5. The van der Waals surface area contributed by atoms with Crippen LogP contribution < -0.4 is 0 Å². The standard InChI is InChI=1S/C59H34N4OS/c1-2-15-36(16-3-1)57-60-58(62-59(61-57)45-24-12-23-44-42-21-9-11-26-51(42)64-56(44)45)39-28-30-49(63-48-25-10-8-20-41(48)46-32-37-17-4-5-18-38(37)34-50(46)63)47(33-39)43-22-13-27-52-55(43)54-40-19-7-6-14-35(40)29-31-53(54)65-52/h1-34H. The molecule has 65 heavy (non-hydrogen) atoms. The third kappa shape index (κ3) is 5.54. The number of thiophene rings is 1. The molecule has 0 bridgehead atoms. The molecule has 0 saturated carbocycles. The summed E-state index contributed by atoms with van der Waals surface area (Å²) in [4.78, 5) is 15.8. The normalized spacial score (nSPS) is 12.0. The van der Waals surface area contributed by atoms with Gasteiger partial charge in [0.25, 0.3) is 0 Å². The third-order valence-corrected chi connectivity index (χ3v) is 14.1. The maximum absolute atomic E-state index is 6.56. The zero-order valence-electron chi connectivity index (χ0n) is 34.7. The highest BCUT2D eigenvalue weighted by molar-refractivity contribution is 7.26. The van der Waals surface area contributed by atoms with Crippen LogP contribution in [0.5, 0.6) is 0 Å². The topological polar surface area (TPSA) is 56.7 Å². The fraction of sp³-hybridized carbons (Fsp3) is 0. The number of hydrogen-bond acceptors (Lipinski definition) is 5. The second-order valence-electron chi connectivity index (χ2n) is 16.7. The van der Waals surface area contributed by atoms with Crippen molar-refractivity contribution in [2.45, 2.75) is 0 Å². The zero-order valence-corrected chi connectivity index (χ0v) is 35.6. The van der Waals surface area contributed by atoms with Crippen molar-refractivity contribution in [3.05, 3.63) is 206 Å². The summed E-state index contributed by atoms with van der Waals surface area (Å²) in [5.74, 6) is 1.72. The summed E-state index contributed by atoms with van der Waals surface area (Å²) in [6, 6.07) is 73.4. The van der Waals surface area contributed by atoms with E-state index in [0.29, 0.717) is 17.5 Å². The van der Waals surface area contributed by atoms with E-state index in [2.05, 4.69) is 168 Å². The van der Waals surface area contributed by atoms with Crippen LogP contribution in [-0.2, 0) is 0 Å². The minimum Gasteiger partial charge on any atom is -0.455 e. The van der Waals surface area contributed by atoms with Crippen LogP contribution in [0.3, 0.4) is 0 Å². The monoisotopic (exact) mass is 846 g/mol. The molecule has 0 aliphatic heterocycles. The van der Waals surface area contributed by atoms with Crippen LogP contribution in [0.1, 0.15) is 0 Å². The molecular weight excluding hydrogens is 813 g/mol. The summed E-state index contributed by atoms with van der Waals surface area (Å²) < 4.78 is 11.5. The number of hydrogen-bond donors (Lipinski definition) is 0. The minimum atomic E-state index is 0.552. The summed E-state index contributed by atoms with van der Waals surface area (Å²) in [5, 5.41) is 11.9. The van der Waals surface area contributed by atoms with Crippen LogP contribution in [0.4, 0.5) is 0 Å². The molecule has 0 saturated heterocycles. The van der Waals surface area contributed by atoms with E-state index in [1.165, 1.54) is 52.5 Å². The van der Waals surface area contributed by atoms with Gasteiger partial charge in [-0.15, -0.1) is 11.3 Å². The van der Waals surface area contributed by atoms with Gasteiger partial charge in [0.15, 0.2) is 17.5 Å². The van der Waals surface area contributed by atoms with E-state index in [-0.39, 0.29) is 0 Å². The second kappa shape index (κ2) is 14.0. The van der Waals surface area contributed by atoms with Crippen molar-refractivity contribution >= 4 is 96.8 Å². The minimum absolute atomic E-state index is 0.552. The molecule has 0 amide bonds. The highest BCUT2D eigenvalue weighted by Crippen LogP contribution is 2.47. The van der Waals surface area contributed by atoms with Crippen molar-refractivity contribution in [2.75, 3.05) is 0 Å². The molecule has 0 spiro atoms. The van der Waals surface area contributed by atoms with E-state index in [0.717, 1.165) is 66.5 Å². The third-order valence-electron chi connectivity index (χ3n) is 13.0. The molecule has 0 N–H and O–H groups in total. The molecule has 302 valence electrons. The largest absolute Gasteiger partial charge is 0.455 e. The van der Waals surface area contributed by atoms with E-state index >= 15 is 0 Å². The summed E-state index contributed by atoms with van der Waals surface area (Å²) in [6.45, 7) is 0. The van der Waals surface area contributed by atoms with Gasteiger partial charge in [0.1, 0.15) is 11.2 Å². The summed E-state index contributed by atoms with van der Waals surface area (Å²) in [6.07, 6.45) is 0. The smallest absolute Gasteiger partial charge is 0.167 e. The first-order chi connectivity index (χ1) is 32.2. The molecule has 0 radical (unpaired) electrons. The Kier molecular flexibility index (Phi) is 7.79. The van der Waals surface area contributed by atoms with E-state index in [1.807, 2.05) is 53.8 Å². The number of furan rings is 1. The molecule has 6 heteroatoms. The van der Waals surface area contributed by atoms with Crippen LogP contribution in [0, 0.1) is 0 Å². The van der Waals surface area contributed by atoms with Crippen LogP contribution in [-0.4, -0.2) is 19.5 Å². The van der Waals surface area contributed by atoms with Gasteiger partial charge in [0, 0.05) is 58.4 Å². The lowest BCUT2D eigenvalue weighted by atomic mass is 9.94. The molecule has 0 aliphatic carbocycles. The van der Waals surface area contributed by atoms with Gasteiger partial charge in [-0.25, -0.2) is 15.0 Å². The summed E-state index contributed by atoms with van der Waals surface area (Å²) in [5.41, 5.74) is 9.79. The van der Waals surface area contributed by atoms with Crippen LogP contribution >= 0.6 is 11.3 Å². The predicted octanol–water partition coefficient (Wildman–Crippen LogP) is 16.2. The van der Waals surface area contributed by atoms with Crippen molar-refractivity contribution < 1.29 is 4.42 Å². The van der Waals surface area contributed by atoms with Crippen LogP contribution in [0.25, 0.3) is 136 Å². The molecule has 0 atom stereocenters. The fourth-order valence-corrected chi connectivity index (χ4v) is 11.2. The number of fused-ring (bicyclic) bond motifs is 12. The molecule has 0 unspecified atom stereocenters. The van der Waals surface area contributed by atoms with E-state index in [9.17, 15) is 0 Å². The molecular formula is C59H34N4OS. The Morgan fingerprint density at radius 2 is 1.03 bits per heavy atom. The van der Waals surface area contributed by atoms with Crippen LogP contribution in [0.2, 0.25) is 0 Å². The van der Waals surface area contributed by atoms with Crippen LogP contribution in [0.15, 0.2) is 211 Å². The van der Waals surface area contributed by atoms with Crippen molar-refractivity contribution in [1.82, 2.24) is 19.5 Å². The van der Waals surface area contributed by atoms with E-state index in [1.54, 1.807) is 0 Å². The highest BCUT2D eigenvalue weighted by Gasteiger charge is 2.23. The SMILES string of the molecule is c1ccc(-c2nc(-c3ccc(-n4c5ccccc5c5cc6ccccc6cc54)c(-c4cccc5sc6ccc7ccccc7c6c45)c3)nc(-c3cccc4c3oc3ccccc34)n2)cc1. The van der Waals surface area contributed by atoms with E-state index in [4.69, 9.17) is 19.4 Å². The van der Waals surface area contributed by atoms with Gasteiger partial charge < -0.3 is 8.98 Å². The Balaban J connectivity index is 1.08. The van der Waals surface area contributed by atoms with Gasteiger partial charge in [-0.2, -0.15) is 0 Å². The molecule has 14 aromatic rings. The zero-order chi connectivity index (χ0) is 42.6. The summed E-state index contributed by atoms with van der Waals surface area (Å²) >= 11 is 1.85. The Bertz CT molecular complexity index is 4260. The van der Waals surface area contributed by atoms with Gasteiger partial charge in [-0.05, 0) is 87.8 Å². The lowest BCUT2D eigenvalue weighted by molar-refractivity contribution is 0.669. The molecule has 4 aromatic heterocycles. The average molecular weight is 847 g/mol. The molecule has 14 rings (SSSR count). The van der Waals surface area contributed by atoms with Gasteiger partial charge in [0.2, 0.25) is 0 Å². The molecule has 0 fully saturated rings. The van der Waals surface area contributed by atoms with Gasteiger partial charge in [-0.1, -0.05) is 146 Å². The van der Waals surface area contributed by atoms with Gasteiger partial charge in [-0.3, -0.25) is 0 Å².